The molecule has 5 aromatic rings. The molecule has 0 radical (unpaired) electrons. The van der Waals surface area contributed by atoms with Crippen LogP contribution in [0.4, 0.5) is 17.1 Å². The van der Waals surface area contributed by atoms with E-state index >= 15 is 0 Å². The van der Waals surface area contributed by atoms with Gasteiger partial charge in [-0.25, -0.2) is 0 Å². The first-order valence-corrected chi connectivity index (χ1v) is 9.67. The number of hydrogen-bond donors (Lipinski definition) is 4. The van der Waals surface area contributed by atoms with Crippen LogP contribution < -0.4 is 0 Å². The predicted octanol–water partition coefficient (Wildman–Crippen LogP) is 6.40. The third-order valence-electron chi connectivity index (χ3n) is 4.94. The molecule has 0 bridgehead atoms. The Morgan fingerprint density at radius 1 is 0.656 bits per heavy atom. The van der Waals surface area contributed by atoms with Gasteiger partial charge in [-0.15, -0.1) is 15.3 Å². The van der Waals surface area contributed by atoms with Crippen molar-refractivity contribution in [2.24, 2.45) is 20.5 Å². The standard InChI is InChI=1S/C23H16N6O3/c30-21(29-28-20-16-6-2-4-8-18(16)25-23(20)32)13-9-11-14(12-10-13)26-27-19-15-5-1-3-7-17(15)24-22(19)31/h1-12,24-25,31-32H. The molecule has 0 atom stereocenters. The number of nitrogens with zero attached hydrogens (tertiary/aromatic N) is 4. The Bertz CT molecular complexity index is 1510. The molecule has 9 heteroatoms. The Morgan fingerprint density at radius 2 is 1.19 bits per heavy atom. The Labute approximate surface area is 180 Å². The molecule has 4 N–H and O–H groups in total. The molecule has 0 aliphatic carbocycles. The van der Waals surface area contributed by atoms with E-state index in [-0.39, 0.29) is 17.4 Å². The minimum Gasteiger partial charge on any atom is -0.493 e. The van der Waals surface area contributed by atoms with Gasteiger partial charge in [0.05, 0.1) is 16.7 Å². The molecule has 0 unspecified atom stereocenters. The van der Waals surface area contributed by atoms with Gasteiger partial charge in [-0.1, -0.05) is 36.4 Å². The number of aromatic amines is 2. The minimum absolute atomic E-state index is 0.0670. The summed E-state index contributed by atoms with van der Waals surface area (Å²) >= 11 is 0. The lowest BCUT2D eigenvalue weighted by atomic mass is 10.2. The van der Waals surface area contributed by atoms with E-state index in [1.165, 1.54) is 0 Å². The molecular formula is C23H16N6O3. The molecule has 32 heavy (non-hydrogen) atoms. The maximum atomic E-state index is 12.4. The number of hydrogen-bond acceptors (Lipinski definition) is 6. The summed E-state index contributed by atoms with van der Waals surface area (Å²) in [5, 5.41) is 37.4. The Hall–Kier alpha value is -4.79. The number of aromatic hydroxyl groups is 2. The number of amides is 1. The van der Waals surface area contributed by atoms with E-state index in [0.717, 1.165) is 10.9 Å². The zero-order valence-electron chi connectivity index (χ0n) is 16.5. The molecule has 9 nitrogen and oxygen atoms in total. The van der Waals surface area contributed by atoms with E-state index in [1.54, 1.807) is 42.5 Å². The van der Waals surface area contributed by atoms with Gasteiger partial charge in [0.15, 0.2) is 11.4 Å². The molecule has 0 aliphatic rings. The molecule has 2 heterocycles. The zero-order valence-corrected chi connectivity index (χ0v) is 16.5. The molecule has 0 saturated heterocycles. The summed E-state index contributed by atoms with van der Waals surface area (Å²) in [5.74, 6) is -0.783. The average molecular weight is 424 g/mol. The number of benzene rings is 3. The molecule has 5 rings (SSSR count). The van der Waals surface area contributed by atoms with Crippen LogP contribution in [0, 0.1) is 0 Å². The SMILES string of the molecule is O=C(N=Nc1c(O)[nH]c2ccccc12)c1ccc(N=Nc2c(O)[nH]c3ccccc23)cc1. The van der Waals surface area contributed by atoms with Crippen LogP contribution >= 0.6 is 0 Å². The van der Waals surface area contributed by atoms with E-state index in [0.29, 0.717) is 27.8 Å². The van der Waals surface area contributed by atoms with Crippen LogP contribution in [-0.2, 0) is 0 Å². The summed E-state index contributed by atoms with van der Waals surface area (Å²) in [4.78, 5) is 18.0. The Morgan fingerprint density at radius 3 is 1.78 bits per heavy atom. The Kier molecular flexibility index (Phi) is 4.68. The number of nitrogens with one attached hydrogen (secondary N) is 2. The quantitative estimate of drug-likeness (QED) is 0.248. The molecule has 1 amide bonds. The zero-order chi connectivity index (χ0) is 22.1. The summed E-state index contributed by atoms with van der Waals surface area (Å²) in [6.07, 6.45) is 0. The summed E-state index contributed by atoms with van der Waals surface area (Å²) in [7, 11) is 0. The van der Waals surface area contributed by atoms with Crippen LogP contribution in [-0.4, -0.2) is 26.1 Å². The van der Waals surface area contributed by atoms with Gasteiger partial charge in [-0.3, -0.25) is 4.79 Å². The smallest absolute Gasteiger partial charge is 0.295 e. The topological polar surface area (TPSA) is 139 Å². The molecule has 3 aromatic carbocycles. The van der Waals surface area contributed by atoms with Crippen LogP contribution in [0.25, 0.3) is 21.8 Å². The van der Waals surface area contributed by atoms with Gasteiger partial charge in [0.1, 0.15) is 0 Å². The maximum absolute atomic E-state index is 12.4. The fourth-order valence-corrected chi connectivity index (χ4v) is 3.36. The summed E-state index contributed by atoms with van der Waals surface area (Å²) in [5.41, 5.74) is 2.80. The number of rotatable bonds is 4. The van der Waals surface area contributed by atoms with Crippen LogP contribution in [0.3, 0.4) is 0 Å². The molecule has 0 aliphatic heterocycles. The highest BCUT2D eigenvalue weighted by Crippen LogP contribution is 2.36. The highest BCUT2D eigenvalue weighted by molar-refractivity contribution is 5.97. The van der Waals surface area contributed by atoms with E-state index in [9.17, 15) is 15.0 Å². The highest BCUT2D eigenvalue weighted by atomic mass is 16.3. The van der Waals surface area contributed by atoms with Gasteiger partial charge in [-0.05, 0) is 36.4 Å². The third kappa shape index (κ3) is 3.47. The number of aromatic nitrogens is 2. The largest absolute Gasteiger partial charge is 0.493 e. The second-order valence-electron chi connectivity index (χ2n) is 6.99. The fourth-order valence-electron chi connectivity index (χ4n) is 3.36. The van der Waals surface area contributed by atoms with Crippen molar-refractivity contribution in [1.29, 1.82) is 0 Å². The van der Waals surface area contributed by atoms with Crippen molar-refractivity contribution < 1.29 is 15.0 Å². The second kappa shape index (κ2) is 7.80. The van der Waals surface area contributed by atoms with Crippen LogP contribution in [0.1, 0.15) is 10.4 Å². The average Bonchev–Trinajstić information content (AvgIpc) is 3.31. The molecular weight excluding hydrogens is 408 g/mol. The minimum atomic E-state index is -0.563. The molecule has 0 spiro atoms. The van der Waals surface area contributed by atoms with E-state index in [4.69, 9.17) is 0 Å². The number of H-pyrrole nitrogens is 2. The van der Waals surface area contributed by atoms with Crippen LogP contribution in [0.5, 0.6) is 11.8 Å². The van der Waals surface area contributed by atoms with Gasteiger partial charge in [0, 0.05) is 16.3 Å². The van der Waals surface area contributed by atoms with Crippen molar-refractivity contribution in [2.75, 3.05) is 0 Å². The van der Waals surface area contributed by atoms with Crippen LogP contribution in [0.2, 0.25) is 0 Å². The van der Waals surface area contributed by atoms with Gasteiger partial charge < -0.3 is 20.2 Å². The van der Waals surface area contributed by atoms with Crippen molar-refractivity contribution in [3.63, 3.8) is 0 Å². The second-order valence-corrected chi connectivity index (χ2v) is 6.99. The molecule has 156 valence electrons. The number of carbonyl (C=O) groups is 1. The van der Waals surface area contributed by atoms with Crippen molar-refractivity contribution in [3.8, 4) is 11.8 Å². The first-order valence-electron chi connectivity index (χ1n) is 9.67. The van der Waals surface area contributed by atoms with Crippen LogP contribution in [0.15, 0.2) is 93.3 Å². The lowest BCUT2D eigenvalue weighted by Crippen LogP contribution is -1.92. The van der Waals surface area contributed by atoms with Gasteiger partial charge in [0.2, 0.25) is 11.8 Å². The van der Waals surface area contributed by atoms with Crippen molar-refractivity contribution in [1.82, 2.24) is 9.97 Å². The van der Waals surface area contributed by atoms with E-state index in [1.807, 2.05) is 30.3 Å². The lowest BCUT2D eigenvalue weighted by molar-refractivity contribution is 0.0995. The molecule has 2 aromatic heterocycles. The van der Waals surface area contributed by atoms with Gasteiger partial charge in [-0.2, -0.15) is 5.11 Å². The fraction of sp³-hybridized carbons (Fsp3) is 0. The molecule has 0 saturated carbocycles. The number of azo groups is 2. The number of fused-ring (bicyclic) bond motifs is 2. The van der Waals surface area contributed by atoms with E-state index < -0.39 is 5.91 Å². The first kappa shape index (κ1) is 19.2. The van der Waals surface area contributed by atoms with Crippen molar-refractivity contribution in [3.05, 3.63) is 78.4 Å². The maximum Gasteiger partial charge on any atom is 0.295 e. The van der Waals surface area contributed by atoms with Crippen molar-refractivity contribution >= 4 is 44.8 Å². The van der Waals surface area contributed by atoms with E-state index in [2.05, 4.69) is 30.4 Å². The normalized spacial score (nSPS) is 11.9. The number of carbonyl (C=O) groups excluding carboxylic acids is 1. The first-order chi connectivity index (χ1) is 15.6. The lowest BCUT2D eigenvalue weighted by Gasteiger charge is -1.97. The van der Waals surface area contributed by atoms with Crippen molar-refractivity contribution in [2.45, 2.75) is 0 Å². The number of para-hydroxylation sites is 2. The summed E-state index contributed by atoms with van der Waals surface area (Å²) < 4.78 is 0. The highest BCUT2D eigenvalue weighted by Gasteiger charge is 2.12. The monoisotopic (exact) mass is 424 g/mol. The molecule has 0 fully saturated rings. The van der Waals surface area contributed by atoms with Gasteiger partial charge in [0.25, 0.3) is 5.91 Å². The summed E-state index contributed by atoms with van der Waals surface area (Å²) in [6.45, 7) is 0. The van der Waals surface area contributed by atoms with Gasteiger partial charge >= 0.3 is 0 Å². The summed E-state index contributed by atoms with van der Waals surface area (Å²) in [6, 6.07) is 20.9. The predicted molar refractivity (Wildman–Crippen MR) is 119 cm³/mol. The Balaban J connectivity index is 1.34. The third-order valence-corrected chi connectivity index (χ3v) is 4.94.